The molecule has 0 spiro atoms. The molecule has 1 aliphatic carbocycles. The summed E-state index contributed by atoms with van der Waals surface area (Å²) in [5.41, 5.74) is 5.00. The SMILES string of the molecule is Cc1nc2cc(-c3ccccc3)nn2c(N2CCC3CCCC[C@@H]3C2)c1C(C)OC(C)(C)C. The Labute approximate surface area is 198 Å². The number of aromatic nitrogens is 3. The lowest BCUT2D eigenvalue weighted by atomic mass is 9.75. The van der Waals surface area contributed by atoms with Crippen LogP contribution in [0.2, 0.25) is 0 Å². The number of benzene rings is 1. The van der Waals surface area contributed by atoms with E-state index in [0.717, 1.165) is 47.5 Å². The van der Waals surface area contributed by atoms with Crippen LogP contribution in [0.15, 0.2) is 36.4 Å². The molecule has 176 valence electrons. The van der Waals surface area contributed by atoms with Gasteiger partial charge in [-0.1, -0.05) is 49.6 Å². The fourth-order valence-corrected chi connectivity index (χ4v) is 6.03. The maximum atomic E-state index is 6.48. The molecule has 2 aromatic heterocycles. The second kappa shape index (κ2) is 8.75. The molecule has 2 aliphatic rings. The van der Waals surface area contributed by atoms with E-state index < -0.39 is 0 Å². The van der Waals surface area contributed by atoms with E-state index in [-0.39, 0.29) is 11.7 Å². The number of rotatable bonds is 4. The third-order valence-corrected chi connectivity index (χ3v) is 7.40. The third kappa shape index (κ3) is 4.52. The number of ether oxygens (including phenoxy) is 1. The molecule has 0 radical (unpaired) electrons. The van der Waals surface area contributed by atoms with Gasteiger partial charge in [0.1, 0.15) is 5.82 Å². The van der Waals surface area contributed by atoms with Crippen molar-refractivity contribution in [1.29, 1.82) is 0 Å². The summed E-state index contributed by atoms with van der Waals surface area (Å²) >= 11 is 0. The molecule has 1 saturated carbocycles. The Kier molecular flexibility index (Phi) is 5.94. The summed E-state index contributed by atoms with van der Waals surface area (Å²) in [5, 5.41) is 5.10. The molecule has 1 aliphatic heterocycles. The molecule has 3 heterocycles. The van der Waals surface area contributed by atoms with Gasteiger partial charge in [-0.3, -0.25) is 0 Å². The summed E-state index contributed by atoms with van der Waals surface area (Å²) in [6.07, 6.45) is 6.74. The van der Waals surface area contributed by atoms with Gasteiger partial charge in [-0.05, 0) is 59.3 Å². The van der Waals surface area contributed by atoms with Crippen molar-refractivity contribution in [3.63, 3.8) is 0 Å². The first-order valence-electron chi connectivity index (χ1n) is 12.7. The number of anilines is 1. The summed E-state index contributed by atoms with van der Waals surface area (Å²) < 4.78 is 8.57. The van der Waals surface area contributed by atoms with Crippen molar-refractivity contribution in [2.45, 2.75) is 78.4 Å². The molecule has 5 rings (SSSR count). The highest BCUT2D eigenvalue weighted by Crippen LogP contribution is 2.41. The summed E-state index contributed by atoms with van der Waals surface area (Å²) in [4.78, 5) is 7.59. The second-order valence-electron chi connectivity index (χ2n) is 11.0. The molecule has 33 heavy (non-hydrogen) atoms. The second-order valence-corrected chi connectivity index (χ2v) is 11.0. The number of piperidine rings is 1. The minimum absolute atomic E-state index is 0.0645. The van der Waals surface area contributed by atoms with Crippen LogP contribution in [-0.2, 0) is 4.74 Å². The fraction of sp³-hybridized carbons (Fsp3) is 0.571. The molecule has 0 amide bonds. The largest absolute Gasteiger partial charge is 0.368 e. The van der Waals surface area contributed by atoms with Gasteiger partial charge >= 0.3 is 0 Å². The minimum atomic E-state index is -0.228. The molecular formula is C28H38N4O. The number of fused-ring (bicyclic) bond motifs is 2. The Morgan fingerprint density at radius 1 is 1.03 bits per heavy atom. The van der Waals surface area contributed by atoms with Crippen LogP contribution in [0.1, 0.15) is 77.2 Å². The van der Waals surface area contributed by atoms with Crippen LogP contribution < -0.4 is 4.90 Å². The quantitative estimate of drug-likeness (QED) is 0.453. The Balaban J connectivity index is 1.64. The number of aryl methyl sites for hydroxylation is 1. The van der Waals surface area contributed by atoms with Crippen LogP contribution in [0.25, 0.3) is 16.9 Å². The molecule has 0 N–H and O–H groups in total. The van der Waals surface area contributed by atoms with E-state index in [9.17, 15) is 0 Å². The fourth-order valence-electron chi connectivity index (χ4n) is 6.03. The van der Waals surface area contributed by atoms with Gasteiger partial charge in [-0.15, -0.1) is 0 Å². The first-order chi connectivity index (χ1) is 15.8. The van der Waals surface area contributed by atoms with Gasteiger partial charge in [0.05, 0.1) is 17.4 Å². The molecule has 1 saturated heterocycles. The Bertz CT molecular complexity index is 1110. The maximum absolute atomic E-state index is 6.48. The molecule has 3 aromatic rings. The van der Waals surface area contributed by atoms with Crippen LogP contribution >= 0.6 is 0 Å². The van der Waals surface area contributed by atoms with Crippen molar-refractivity contribution in [1.82, 2.24) is 14.6 Å². The van der Waals surface area contributed by atoms with Gasteiger partial charge in [0, 0.05) is 36.0 Å². The highest BCUT2D eigenvalue weighted by Gasteiger charge is 2.35. The lowest BCUT2D eigenvalue weighted by Gasteiger charge is -2.43. The van der Waals surface area contributed by atoms with Gasteiger partial charge in [-0.25, -0.2) is 4.98 Å². The first-order valence-corrected chi connectivity index (χ1v) is 12.7. The molecule has 0 bridgehead atoms. The third-order valence-electron chi connectivity index (χ3n) is 7.40. The van der Waals surface area contributed by atoms with E-state index >= 15 is 0 Å². The van der Waals surface area contributed by atoms with Gasteiger partial charge in [-0.2, -0.15) is 9.61 Å². The van der Waals surface area contributed by atoms with Crippen LogP contribution in [0.3, 0.4) is 0 Å². The van der Waals surface area contributed by atoms with E-state index in [1.165, 1.54) is 43.5 Å². The first kappa shape index (κ1) is 22.4. The van der Waals surface area contributed by atoms with Gasteiger partial charge < -0.3 is 9.64 Å². The summed E-state index contributed by atoms with van der Waals surface area (Å²) in [6.45, 7) is 12.9. The van der Waals surface area contributed by atoms with Crippen molar-refractivity contribution in [2.24, 2.45) is 11.8 Å². The predicted molar refractivity (Wildman–Crippen MR) is 135 cm³/mol. The van der Waals surface area contributed by atoms with Crippen molar-refractivity contribution in [3.8, 4) is 11.3 Å². The molecule has 1 aromatic carbocycles. The maximum Gasteiger partial charge on any atom is 0.158 e. The molecule has 2 fully saturated rings. The summed E-state index contributed by atoms with van der Waals surface area (Å²) in [5.74, 6) is 2.85. The van der Waals surface area contributed by atoms with E-state index in [2.05, 4.69) is 74.4 Å². The van der Waals surface area contributed by atoms with Crippen molar-refractivity contribution in [3.05, 3.63) is 47.7 Å². The van der Waals surface area contributed by atoms with E-state index in [1.807, 2.05) is 6.07 Å². The highest BCUT2D eigenvalue weighted by molar-refractivity contribution is 5.67. The zero-order chi connectivity index (χ0) is 23.2. The molecule has 5 nitrogen and oxygen atoms in total. The highest BCUT2D eigenvalue weighted by atomic mass is 16.5. The standard InChI is InChI=1S/C28H38N4O/c1-19-26(20(2)33-28(3,4)5)27(31-16-15-21-11-9-10-14-23(21)18-31)32-25(29-19)17-24(30-32)22-12-7-6-8-13-22/h6-8,12-13,17,20-21,23H,9-11,14-16,18H2,1-5H3/t20?,21?,23-/m1/s1. The smallest absolute Gasteiger partial charge is 0.158 e. The number of hydrogen-bond donors (Lipinski definition) is 0. The molecular weight excluding hydrogens is 408 g/mol. The minimum Gasteiger partial charge on any atom is -0.368 e. The Morgan fingerprint density at radius 3 is 2.48 bits per heavy atom. The lowest BCUT2D eigenvalue weighted by Crippen LogP contribution is -2.43. The zero-order valence-electron chi connectivity index (χ0n) is 20.8. The summed E-state index contributed by atoms with van der Waals surface area (Å²) in [6, 6.07) is 12.5. The van der Waals surface area contributed by atoms with Crippen molar-refractivity contribution >= 4 is 11.5 Å². The average molecular weight is 447 g/mol. The van der Waals surface area contributed by atoms with Gasteiger partial charge in [0.15, 0.2) is 5.65 Å². The van der Waals surface area contributed by atoms with Crippen LogP contribution in [0, 0.1) is 18.8 Å². The predicted octanol–water partition coefficient (Wildman–Crippen LogP) is 6.60. The lowest BCUT2D eigenvalue weighted by molar-refractivity contribution is -0.0533. The molecule has 2 unspecified atom stereocenters. The van der Waals surface area contributed by atoms with Crippen molar-refractivity contribution in [2.75, 3.05) is 18.0 Å². The number of nitrogens with zero attached hydrogens (tertiary/aromatic N) is 4. The zero-order valence-corrected chi connectivity index (χ0v) is 20.8. The molecule has 3 atom stereocenters. The average Bonchev–Trinajstić information content (AvgIpc) is 3.21. The van der Waals surface area contributed by atoms with E-state index in [1.54, 1.807) is 0 Å². The van der Waals surface area contributed by atoms with Gasteiger partial charge in [0.2, 0.25) is 0 Å². The summed E-state index contributed by atoms with van der Waals surface area (Å²) in [7, 11) is 0. The van der Waals surface area contributed by atoms with Crippen molar-refractivity contribution < 1.29 is 4.74 Å². The number of hydrogen-bond acceptors (Lipinski definition) is 4. The topological polar surface area (TPSA) is 42.7 Å². The normalized spacial score (nSPS) is 22.4. The Morgan fingerprint density at radius 2 is 1.76 bits per heavy atom. The van der Waals surface area contributed by atoms with E-state index in [0.29, 0.717) is 0 Å². The monoisotopic (exact) mass is 446 g/mol. The van der Waals surface area contributed by atoms with Gasteiger partial charge in [0.25, 0.3) is 0 Å². The van der Waals surface area contributed by atoms with E-state index in [4.69, 9.17) is 14.8 Å². The molecule has 5 heteroatoms. The van der Waals surface area contributed by atoms with Crippen LogP contribution in [-0.4, -0.2) is 33.3 Å². The Hall–Kier alpha value is -2.40. The van der Waals surface area contributed by atoms with Crippen LogP contribution in [0.5, 0.6) is 0 Å². The van der Waals surface area contributed by atoms with Crippen LogP contribution in [0.4, 0.5) is 5.82 Å².